The summed E-state index contributed by atoms with van der Waals surface area (Å²) in [4.78, 5) is 21.8. The Balaban J connectivity index is 3.37. The highest BCUT2D eigenvalue weighted by atomic mass is 16.5. The zero-order valence-corrected chi connectivity index (χ0v) is 9.97. The van der Waals surface area contributed by atoms with E-state index in [1.54, 1.807) is 0 Å². The normalized spacial score (nSPS) is 10.3. The minimum Gasteiger partial charge on any atom is -0.493 e. The number of carbonyl (C=O) groups excluding carboxylic acids is 1. The van der Waals surface area contributed by atoms with E-state index in [0.717, 1.165) is 6.08 Å². The van der Waals surface area contributed by atoms with Crippen LogP contribution >= 0.6 is 0 Å². The number of ether oxygens (including phenoxy) is 2. The van der Waals surface area contributed by atoms with Crippen molar-refractivity contribution >= 4 is 18.0 Å². The van der Waals surface area contributed by atoms with Crippen molar-refractivity contribution in [3.63, 3.8) is 0 Å². The van der Waals surface area contributed by atoms with E-state index in [1.807, 2.05) is 0 Å². The maximum atomic E-state index is 11.1. The Bertz CT molecular complexity index is 507. The number of nitrogens with two attached hydrogens (primary N) is 1. The van der Waals surface area contributed by atoms with Crippen LogP contribution in [0, 0.1) is 0 Å². The molecule has 0 radical (unpaired) electrons. The predicted octanol–water partition coefficient (Wildman–Crippen LogP) is 0.901. The number of hydrogen-bond donors (Lipinski definition) is 2. The third-order valence-corrected chi connectivity index (χ3v) is 2.21. The molecule has 0 aromatic heterocycles. The number of carboxylic acids is 1. The fourth-order valence-electron chi connectivity index (χ4n) is 1.39. The maximum absolute atomic E-state index is 11.1. The van der Waals surface area contributed by atoms with E-state index in [9.17, 15) is 9.59 Å². The molecule has 0 aliphatic carbocycles. The van der Waals surface area contributed by atoms with Crippen molar-refractivity contribution in [2.24, 2.45) is 5.73 Å². The van der Waals surface area contributed by atoms with E-state index >= 15 is 0 Å². The van der Waals surface area contributed by atoms with E-state index < -0.39 is 11.9 Å². The Kier molecular flexibility index (Phi) is 4.31. The number of carboxylic acid groups (broad SMARTS) is 1. The average molecular weight is 251 g/mol. The summed E-state index contributed by atoms with van der Waals surface area (Å²) in [6.45, 7) is 0. The van der Waals surface area contributed by atoms with Crippen LogP contribution in [0.5, 0.6) is 11.5 Å². The second kappa shape index (κ2) is 5.72. The van der Waals surface area contributed by atoms with E-state index in [0.29, 0.717) is 17.1 Å². The van der Waals surface area contributed by atoms with Crippen molar-refractivity contribution in [2.75, 3.05) is 14.2 Å². The molecule has 6 nitrogen and oxygen atoms in total. The summed E-state index contributed by atoms with van der Waals surface area (Å²) in [6, 6.07) is 2.78. The molecule has 0 atom stereocenters. The van der Waals surface area contributed by atoms with Gasteiger partial charge in [0.25, 0.3) is 0 Å². The Morgan fingerprint density at radius 3 is 2.22 bits per heavy atom. The minimum absolute atomic E-state index is 0.00912. The number of methoxy groups -OCH3 is 2. The Morgan fingerprint density at radius 2 is 1.78 bits per heavy atom. The number of carbonyl (C=O) groups is 2. The zero-order chi connectivity index (χ0) is 13.7. The quantitative estimate of drug-likeness (QED) is 0.757. The van der Waals surface area contributed by atoms with Gasteiger partial charge in [0.2, 0.25) is 5.91 Å². The average Bonchev–Trinajstić information content (AvgIpc) is 2.34. The first-order valence-corrected chi connectivity index (χ1v) is 4.96. The van der Waals surface area contributed by atoms with Crippen molar-refractivity contribution in [3.05, 3.63) is 29.3 Å². The van der Waals surface area contributed by atoms with Gasteiger partial charge in [0.1, 0.15) is 0 Å². The first kappa shape index (κ1) is 13.6. The topological polar surface area (TPSA) is 98.9 Å². The van der Waals surface area contributed by atoms with Gasteiger partial charge in [0, 0.05) is 6.08 Å². The monoisotopic (exact) mass is 251 g/mol. The molecule has 6 heteroatoms. The van der Waals surface area contributed by atoms with Crippen LogP contribution in [0.3, 0.4) is 0 Å². The molecular weight excluding hydrogens is 238 g/mol. The zero-order valence-electron chi connectivity index (χ0n) is 9.97. The molecule has 1 rings (SSSR count). The Hall–Kier alpha value is -2.50. The summed E-state index contributed by atoms with van der Waals surface area (Å²) >= 11 is 0. The minimum atomic E-state index is -1.14. The fourth-order valence-corrected chi connectivity index (χ4v) is 1.39. The van der Waals surface area contributed by atoms with Crippen LogP contribution in [0.15, 0.2) is 18.2 Å². The molecule has 0 saturated heterocycles. The molecular formula is C12H13NO5. The molecule has 0 unspecified atom stereocenters. The van der Waals surface area contributed by atoms with Crippen LogP contribution in [0.1, 0.15) is 15.9 Å². The summed E-state index contributed by atoms with van der Waals surface area (Å²) in [5.41, 5.74) is 5.26. The van der Waals surface area contributed by atoms with E-state index in [1.165, 1.54) is 32.4 Å². The van der Waals surface area contributed by atoms with Crippen LogP contribution in [0.25, 0.3) is 6.08 Å². The van der Waals surface area contributed by atoms with Gasteiger partial charge in [0.15, 0.2) is 11.5 Å². The maximum Gasteiger partial charge on any atom is 0.336 e. The van der Waals surface area contributed by atoms with Gasteiger partial charge < -0.3 is 20.3 Å². The summed E-state index contributed by atoms with van der Waals surface area (Å²) in [6.07, 6.45) is 2.39. The van der Waals surface area contributed by atoms with Crippen molar-refractivity contribution in [2.45, 2.75) is 0 Å². The predicted molar refractivity (Wildman–Crippen MR) is 64.7 cm³/mol. The van der Waals surface area contributed by atoms with E-state index in [-0.39, 0.29) is 5.56 Å². The first-order valence-electron chi connectivity index (χ1n) is 4.96. The Morgan fingerprint density at radius 1 is 1.22 bits per heavy atom. The summed E-state index contributed by atoms with van der Waals surface area (Å²) in [5.74, 6) is -1.14. The second-order valence-electron chi connectivity index (χ2n) is 3.34. The van der Waals surface area contributed by atoms with Crippen molar-refractivity contribution in [1.29, 1.82) is 0 Å². The number of amides is 1. The number of aromatic carboxylic acids is 1. The van der Waals surface area contributed by atoms with Crippen LogP contribution < -0.4 is 15.2 Å². The lowest BCUT2D eigenvalue weighted by atomic mass is 10.1. The molecule has 0 heterocycles. The van der Waals surface area contributed by atoms with Crippen LogP contribution in [-0.4, -0.2) is 31.2 Å². The fraction of sp³-hybridized carbons (Fsp3) is 0.167. The van der Waals surface area contributed by atoms with Gasteiger partial charge in [-0.2, -0.15) is 0 Å². The van der Waals surface area contributed by atoms with Crippen molar-refractivity contribution in [1.82, 2.24) is 0 Å². The largest absolute Gasteiger partial charge is 0.493 e. The van der Waals surface area contributed by atoms with Gasteiger partial charge in [-0.05, 0) is 23.8 Å². The van der Waals surface area contributed by atoms with E-state index in [4.69, 9.17) is 20.3 Å². The standard InChI is InChI=1S/C12H13NO5/c1-17-9-5-7(3-4-11(13)14)8(12(15)16)6-10(9)18-2/h3-6H,1-2H3,(H2,13,14)(H,15,16)/b4-3+. The molecule has 1 amide bonds. The third kappa shape index (κ3) is 3.00. The summed E-state index contributed by atoms with van der Waals surface area (Å²) < 4.78 is 10.1. The molecule has 18 heavy (non-hydrogen) atoms. The number of hydrogen-bond acceptors (Lipinski definition) is 4. The molecule has 1 aromatic carbocycles. The molecule has 0 spiro atoms. The van der Waals surface area contributed by atoms with Gasteiger partial charge in [-0.15, -0.1) is 0 Å². The van der Waals surface area contributed by atoms with Gasteiger partial charge in [-0.3, -0.25) is 4.79 Å². The lowest BCUT2D eigenvalue weighted by Crippen LogP contribution is -2.06. The molecule has 0 bridgehead atoms. The molecule has 0 fully saturated rings. The molecule has 0 aliphatic heterocycles. The summed E-state index contributed by atoms with van der Waals surface area (Å²) in [5, 5.41) is 9.07. The smallest absolute Gasteiger partial charge is 0.336 e. The Labute approximate surface area is 104 Å². The van der Waals surface area contributed by atoms with Crippen molar-refractivity contribution in [3.8, 4) is 11.5 Å². The molecule has 0 saturated carbocycles. The van der Waals surface area contributed by atoms with Gasteiger partial charge >= 0.3 is 5.97 Å². The highest BCUT2D eigenvalue weighted by Crippen LogP contribution is 2.31. The van der Waals surface area contributed by atoms with Gasteiger partial charge in [-0.1, -0.05) is 0 Å². The van der Waals surface area contributed by atoms with Crippen molar-refractivity contribution < 1.29 is 24.2 Å². The van der Waals surface area contributed by atoms with Crippen LogP contribution in [0.2, 0.25) is 0 Å². The van der Waals surface area contributed by atoms with Gasteiger partial charge in [-0.25, -0.2) is 4.79 Å². The second-order valence-corrected chi connectivity index (χ2v) is 3.34. The van der Waals surface area contributed by atoms with Crippen LogP contribution in [0.4, 0.5) is 0 Å². The molecule has 3 N–H and O–H groups in total. The molecule has 0 aliphatic rings. The van der Waals surface area contributed by atoms with Crippen LogP contribution in [-0.2, 0) is 4.79 Å². The molecule has 1 aromatic rings. The highest BCUT2D eigenvalue weighted by molar-refractivity contribution is 5.96. The highest BCUT2D eigenvalue weighted by Gasteiger charge is 2.14. The summed E-state index contributed by atoms with van der Waals surface area (Å²) in [7, 11) is 2.84. The van der Waals surface area contributed by atoms with E-state index in [2.05, 4.69) is 0 Å². The molecule has 96 valence electrons. The number of benzene rings is 1. The SMILES string of the molecule is COc1cc(/C=C/C(N)=O)c(C(=O)O)cc1OC. The number of rotatable bonds is 5. The van der Waals surface area contributed by atoms with Gasteiger partial charge in [0.05, 0.1) is 19.8 Å². The number of primary amides is 1. The lowest BCUT2D eigenvalue weighted by molar-refractivity contribution is -0.113. The lowest BCUT2D eigenvalue weighted by Gasteiger charge is -2.10. The third-order valence-electron chi connectivity index (χ3n) is 2.21. The first-order chi connectivity index (χ1) is 8.49.